The van der Waals surface area contributed by atoms with E-state index in [9.17, 15) is 9.59 Å². The highest BCUT2D eigenvalue weighted by Gasteiger charge is 2.11. The highest BCUT2D eigenvalue weighted by molar-refractivity contribution is 6.35. The molecule has 2 heterocycles. The molecule has 0 aliphatic carbocycles. The molecule has 0 unspecified atom stereocenters. The maximum absolute atomic E-state index is 11.3. The molecular formula is C16H9ClN2O4. The Bertz CT molecular complexity index is 1140. The lowest BCUT2D eigenvalue weighted by atomic mass is 10.0. The van der Waals surface area contributed by atoms with Gasteiger partial charge in [-0.2, -0.15) is 0 Å². The van der Waals surface area contributed by atoms with Crippen LogP contribution in [0.4, 0.5) is 0 Å². The van der Waals surface area contributed by atoms with Crippen molar-refractivity contribution in [2.24, 2.45) is 0 Å². The lowest BCUT2D eigenvalue weighted by Crippen LogP contribution is -1.94. The lowest BCUT2D eigenvalue weighted by Gasteiger charge is -2.03. The zero-order valence-electron chi connectivity index (χ0n) is 11.5. The first-order chi connectivity index (χ1) is 11.0. The number of nitrogens with one attached hydrogen (secondary N) is 2. The summed E-state index contributed by atoms with van der Waals surface area (Å²) >= 11 is 6.18. The smallest absolute Gasteiger partial charge is 0.417 e. The number of carboxylic acid groups (broad SMARTS) is 1. The number of carboxylic acids is 1. The summed E-state index contributed by atoms with van der Waals surface area (Å²) in [7, 11) is 0. The topological polar surface area (TPSA) is 99.1 Å². The fourth-order valence-electron chi connectivity index (χ4n) is 2.60. The van der Waals surface area contributed by atoms with Crippen LogP contribution in [0.25, 0.3) is 33.1 Å². The van der Waals surface area contributed by atoms with Crippen molar-refractivity contribution in [1.82, 2.24) is 9.97 Å². The average Bonchev–Trinajstić information content (AvgIpc) is 3.09. The molecule has 7 heteroatoms. The van der Waals surface area contributed by atoms with Gasteiger partial charge in [-0.05, 0) is 41.5 Å². The third-order valence-electron chi connectivity index (χ3n) is 3.67. The zero-order valence-corrected chi connectivity index (χ0v) is 12.3. The zero-order chi connectivity index (χ0) is 16.1. The largest absolute Gasteiger partial charge is 0.477 e. The lowest BCUT2D eigenvalue weighted by molar-refractivity contribution is 0.0691. The second-order valence-corrected chi connectivity index (χ2v) is 5.54. The van der Waals surface area contributed by atoms with Crippen LogP contribution in [0.5, 0.6) is 0 Å². The van der Waals surface area contributed by atoms with E-state index in [1.807, 2.05) is 12.1 Å². The molecule has 0 atom stereocenters. The minimum atomic E-state index is -1.01. The van der Waals surface area contributed by atoms with E-state index in [2.05, 4.69) is 9.97 Å². The first-order valence-electron chi connectivity index (χ1n) is 6.70. The molecule has 4 rings (SSSR count). The van der Waals surface area contributed by atoms with Gasteiger partial charge < -0.3 is 14.5 Å². The van der Waals surface area contributed by atoms with Gasteiger partial charge in [-0.25, -0.2) is 9.59 Å². The third-order valence-corrected chi connectivity index (χ3v) is 3.97. The molecule has 0 saturated heterocycles. The molecule has 0 amide bonds. The number of hydrogen-bond acceptors (Lipinski definition) is 3. The molecule has 0 spiro atoms. The molecule has 0 radical (unpaired) electrons. The Labute approximate surface area is 133 Å². The van der Waals surface area contributed by atoms with Gasteiger partial charge in [-0.3, -0.25) is 4.98 Å². The first kappa shape index (κ1) is 13.7. The molecule has 2 aromatic heterocycles. The van der Waals surface area contributed by atoms with Crippen LogP contribution in [-0.2, 0) is 0 Å². The highest BCUT2D eigenvalue weighted by Crippen LogP contribution is 2.31. The maximum atomic E-state index is 11.3. The van der Waals surface area contributed by atoms with Crippen LogP contribution in [0.2, 0.25) is 5.02 Å². The summed E-state index contributed by atoms with van der Waals surface area (Å²) in [6, 6.07) is 10.5. The first-order valence-corrected chi connectivity index (χ1v) is 7.08. The highest BCUT2D eigenvalue weighted by atomic mass is 35.5. The Morgan fingerprint density at radius 3 is 2.70 bits per heavy atom. The molecule has 0 aliphatic heterocycles. The van der Waals surface area contributed by atoms with Crippen molar-refractivity contribution < 1.29 is 14.3 Å². The number of aromatic amines is 2. The van der Waals surface area contributed by atoms with Crippen LogP contribution < -0.4 is 5.76 Å². The number of carbonyl (C=O) groups is 1. The van der Waals surface area contributed by atoms with Crippen molar-refractivity contribution in [2.75, 3.05) is 0 Å². The number of benzene rings is 2. The number of halogens is 1. The normalized spacial score (nSPS) is 11.3. The fraction of sp³-hybridized carbons (Fsp3) is 0. The number of rotatable bonds is 2. The van der Waals surface area contributed by atoms with Gasteiger partial charge in [0, 0.05) is 10.9 Å². The van der Waals surface area contributed by atoms with Crippen LogP contribution >= 0.6 is 11.6 Å². The molecule has 0 bridgehead atoms. The van der Waals surface area contributed by atoms with Crippen molar-refractivity contribution in [3.05, 3.63) is 57.7 Å². The molecular weight excluding hydrogens is 320 g/mol. The van der Waals surface area contributed by atoms with Crippen molar-refractivity contribution in [3.63, 3.8) is 0 Å². The Hall–Kier alpha value is -2.99. The Morgan fingerprint density at radius 1 is 1.09 bits per heavy atom. The average molecular weight is 329 g/mol. The Kier molecular flexibility index (Phi) is 2.82. The summed E-state index contributed by atoms with van der Waals surface area (Å²) in [4.78, 5) is 27.7. The van der Waals surface area contributed by atoms with Crippen molar-refractivity contribution in [2.45, 2.75) is 0 Å². The van der Waals surface area contributed by atoms with E-state index in [1.54, 1.807) is 24.3 Å². The molecule has 0 aliphatic rings. The van der Waals surface area contributed by atoms with Gasteiger partial charge >= 0.3 is 11.7 Å². The Morgan fingerprint density at radius 2 is 1.91 bits per heavy atom. The number of aromatic carboxylic acids is 1. The summed E-state index contributed by atoms with van der Waals surface area (Å²) in [6.07, 6.45) is 0. The molecule has 114 valence electrons. The van der Waals surface area contributed by atoms with Gasteiger partial charge in [0.15, 0.2) is 5.58 Å². The predicted molar refractivity (Wildman–Crippen MR) is 86.1 cm³/mol. The molecule has 23 heavy (non-hydrogen) atoms. The van der Waals surface area contributed by atoms with Gasteiger partial charge in [0.05, 0.1) is 5.02 Å². The van der Waals surface area contributed by atoms with Gasteiger partial charge in [-0.15, -0.1) is 0 Å². The van der Waals surface area contributed by atoms with Gasteiger partial charge in [0.25, 0.3) is 0 Å². The van der Waals surface area contributed by atoms with E-state index in [0.29, 0.717) is 16.1 Å². The number of fused-ring (bicyclic) bond motifs is 2. The Balaban J connectivity index is 1.91. The van der Waals surface area contributed by atoms with Crippen LogP contribution in [0.15, 0.2) is 45.6 Å². The second-order valence-electron chi connectivity index (χ2n) is 5.14. The summed E-state index contributed by atoms with van der Waals surface area (Å²) < 4.78 is 5.05. The minimum absolute atomic E-state index is 0.127. The van der Waals surface area contributed by atoms with Crippen molar-refractivity contribution in [3.8, 4) is 11.1 Å². The van der Waals surface area contributed by atoms with Crippen molar-refractivity contribution >= 4 is 39.6 Å². The van der Waals surface area contributed by atoms with Crippen LogP contribution in [0.1, 0.15) is 10.5 Å². The van der Waals surface area contributed by atoms with E-state index >= 15 is 0 Å². The summed E-state index contributed by atoms with van der Waals surface area (Å²) in [5.74, 6) is -1.58. The van der Waals surface area contributed by atoms with Gasteiger partial charge in [0.2, 0.25) is 0 Å². The molecule has 0 saturated carbocycles. The molecule has 6 nitrogen and oxygen atoms in total. The molecule has 4 aromatic rings. The number of aromatic nitrogens is 2. The van der Waals surface area contributed by atoms with Crippen molar-refractivity contribution in [1.29, 1.82) is 0 Å². The third kappa shape index (κ3) is 2.20. The fourth-order valence-corrected chi connectivity index (χ4v) is 2.86. The van der Waals surface area contributed by atoms with Gasteiger partial charge in [-0.1, -0.05) is 17.7 Å². The predicted octanol–water partition coefficient (Wildman–Crippen LogP) is 3.62. The van der Waals surface area contributed by atoms with E-state index in [4.69, 9.17) is 21.1 Å². The van der Waals surface area contributed by atoms with E-state index in [-0.39, 0.29) is 5.69 Å². The monoisotopic (exact) mass is 328 g/mol. The van der Waals surface area contributed by atoms with E-state index in [0.717, 1.165) is 22.0 Å². The molecule has 0 fully saturated rings. The quantitative estimate of drug-likeness (QED) is 0.523. The number of oxazole rings is 1. The summed E-state index contributed by atoms with van der Waals surface area (Å²) in [5.41, 5.74) is 3.29. The number of H-pyrrole nitrogens is 2. The minimum Gasteiger partial charge on any atom is -0.477 e. The van der Waals surface area contributed by atoms with Gasteiger partial charge in [0.1, 0.15) is 11.2 Å². The van der Waals surface area contributed by atoms with Crippen LogP contribution in [0, 0.1) is 0 Å². The SMILES string of the molecule is O=C(O)c1cc2cc(-c3cc(Cl)c4[nH]c(=O)oc4c3)ccc2[nH]1. The van der Waals surface area contributed by atoms with E-state index < -0.39 is 11.7 Å². The maximum Gasteiger partial charge on any atom is 0.417 e. The van der Waals surface area contributed by atoms with Crippen LogP contribution in [-0.4, -0.2) is 21.0 Å². The second kappa shape index (κ2) is 4.76. The standard InChI is InChI=1S/C16H9ClN2O4/c17-10-4-8(6-13-14(10)19-16(22)23-13)7-1-2-11-9(3-7)5-12(18-11)15(20)21/h1-6,18H,(H,19,22)(H,20,21). The van der Waals surface area contributed by atoms with Crippen LogP contribution in [0.3, 0.4) is 0 Å². The molecule has 3 N–H and O–H groups in total. The van der Waals surface area contributed by atoms with E-state index in [1.165, 1.54) is 0 Å². The number of hydrogen-bond donors (Lipinski definition) is 3. The summed E-state index contributed by atoms with van der Waals surface area (Å²) in [5, 5.41) is 10.2. The molecule has 2 aromatic carbocycles. The summed E-state index contributed by atoms with van der Waals surface area (Å²) in [6.45, 7) is 0.